The van der Waals surface area contributed by atoms with Gasteiger partial charge in [-0.25, -0.2) is 0 Å². The lowest BCUT2D eigenvalue weighted by Gasteiger charge is -2.16. The topological polar surface area (TPSA) is 63.6 Å². The molecule has 0 amide bonds. The number of phenols is 1. The van der Waals surface area contributed by atoms with Gasteiger partial charge in [-0.3, -0.25) is 9.59 Å². The normalized spacial score (nSPS) is 10.9. The number of aromatic hydroxyl groups is 1. The molecular weight excluding hydrogens is 408 g/mol. The number of carbonyl (C=O) groups is 2. The van der Waals surface area contributed by atoms with Crippen LogP contribution in [0, 0.1) is 6.92 Å². The van der Waals surface area contributed by atoms with Crippen LogP contribution in [0.25, 0.3) is 0 Å². The number of rotatable bonds is 12. The van der Waals surface area contributed by atoms with Crippen LogP contribution in [0.4, 0.5) is 0 Å². The second-order valence-corrected chi connectivity index (χ2v) is 8.95. The highest BCUT2D eigenvalue weighted by Crippen LogP contribution is 2.34. The second kappa shape index (κ2) is 11.9. The van der Waals surface area contributed by atoms with Gasteiger partial charge in [-0.05, 0) is 75.4 Å². The first-order chi connectivity index (χ1) is 14.8. The fourth-order valence-electron chi connectivity index (χ4n) is 3.76. The van der Waals surface area contributed by atoms with Crippen LogP contribution in [0.2, 0.25) is 0 Å². The Kier molecular flexibility index (Phi) is 9.63. The molecule has 0 fully saturated rings. The standard InChI is InChI=1S/C26H34O4S/c1-6-9-21-17(3)20(18(4)27)11-13-24(21)30-15-8-16-31-25-14-12-22(19(5)28)26(29)23(25)10-7-2/h11-14,29H,6-10,15-16H2,1-5H3. The van der Waals surface area contributed by atoms with Crippen LogP contribution in [0.5, 0.6) is 11.5 Å². The summed E-state index contributed by atoms with van der Waals surface area (Å²) in [6, 6.07) is 7.43. The molecule has 2 aromatic rings. The summed E-state index contributed by atoms with van der Waals surface area (Å²) in [6.07, 6.45) is 4.38. The molecule has 0 unspecified atom stereocenters. The van der Waals surface area contributed by atoms with Crippen molar-refractivity contribution in [1.82, 2.24) is 0 Å². The van der Waals surface area contributed by atoms with E-state index in [-0.39, 0.29) is 17.3 Å². The first-order valence-corrected chi connectivity index (χ1v) is 12.0. The minimum absolute atomic E-state index is 0.0831. The SMILES string of the molecule is CCCc1c(OCCCSc2ccc(C(C)=O)c(O)c2CCC)ccc(C(C)=O)c1C. The Morgan fingerprint density at radius 1 is 0.935 bits per heavy atom. The van der Waals surface area contributed by atoms with E-state index < -0.39 is 0 Å². The van der Waals surface area contributed by atoms with Gasteiger partial charge in [0.15, 0.2) is 11.6 Å². The quantitative estimate of drug-likeness (QED) is 0.229. The molecule has 1 N–H and O–H groups in total. The molecule has 5 heteroatoms. The van der Waals surface area contributed by atoms with Gasteiger partial charge in [0.2, 0.25) is 0 Å². The third-order valence-electron chi connectivity index (χ3n) is 5.36. The number of thioether (sulfide) groups is 1. The number of ether oxygens (including phenoxy) is 1. The van der Waals surface area contributed by atoms with Crippen molar-refractivity contribution in [3.8, 4) is 11.5 Å². The van der Waals surface area contributed by atoms with Crippen LogP contribution in [-0.4, -0.2) is 29.0 Å². The van der Waals surface area contributed by atoms with Gasteiger partial charge < -0.3 is 9.84 Å². The maximum Gasteiger partial charge on any atom is 0.163 e. The molecule has 0 saturated carbocycles. The summed E-state index contributed by atoms with van der Waals surface area (Å²) in [5.41, 5.74) is 4.17. The molecule has 2 aromatic carbocycles. The zero-order chi connectivity index (χ0) is 23.0. The van der Waals surface area contributed by atoms with Gasteiger partial charge >= 0.3 is 0 Å². The van der Waals surface area contributed by atoms with E-state index >= 15 is 0 Å². The Labute approximate surface area is 190 Å². The summed E-state index contributed by atoms with van der Waals surface area (Å²) in [4.78, 5) is 24.6. The van der Waals surface area contributed by atoms with Crippen LogP contribution in [-0.2, 0) is 12.8 Å². The van der Waals surface area contributed by atoms with Crippen molar-refractivity contribution in [3.63, 3.8) is 0 Å². The summed E-state index contributed by atoms with van der Waals surface area (Å²) in [6.45, 7) is 9.85. The molecule has 0 atom stereocenters. The van der Waals surface area contributed by atoms with Crippen molar-refractivity contribution >= 4 is 23.3 Å². The Balaban J connectivity index is 2.01. The molecule has 0 bridgehead atoms. The molecule has 0 saturated heterocycles. The van der Waals surface area contributed by atoms with Gasteiger partial charge in [0.05, 0.1) is 12.2 Å². The molecule has 4 nitrogen and oxygen atoms in total. The van der Waals surface area contributed by atoms with Crippen LogP contribution in [0.1, 0.15) is 84.4 Å². The highest BCUT2D eigenvalue weighted by molar-refractivity contribution is 7.99. The lowest BCUT2D eigenvalue weighted by atomic mass is 9.96. The van der Waals surface area contributed by atoms with E-state index in [2.05, 4.69) is 13.8 Å². The number of hydrogen-bond acceptors (Lipinski definition) is 5. The van der Waals surface area contributed by atoms with E-state index in [4.69, 9.17) is 4.74 Å². The summed E-state index contributed by atoms with van der Waals surface area (Å²) in [7, 11) is 0. The van der Waals surface area contributed by atoms with Crippen molar-refractivity contribution in [2.24, 2.45) is 0 Å². The largest absolute Gasteiger partial charge is 0.507 e. The number of hydrogen-bond donors (Lipinski definition) is 1. The van der Waals surface area contributed by atoms with Gasteiger partial charge in [-0.2, -0.15) is 0 Å². The Morgan fingerprint density at radius 2 is 1.55 bits per heavy atom. The molecule has 0 heterocycles. The Morgan fingerprint density at radius 3 is 2.16 bits per heavy atom. The van der Waals surface area contributed by atoms with Crippen LogP contribution >= 0.6 is 11.8 Å². The lowest BCUT2D eigenvalue weighted by molar-refractivity contribution is 0.100. The van der Waals surface area contributed by atoms with E-state index in [0.717, 1.165) is 70.8 Å². The molecular formula is C26H34O4S. The third-order valence-corrected chi connectivity index (χ3v) is 6.54. The maximum absolute atomic E-state index is 11.8. The first-order valence-electron chi connectivity index (χ1n) is 11.1. The number of phenolic OH excluding ortho intramolecular Hbond substituents is 1. The average Bonchev–Trinajstić information content (AvgIpc) is 2.71. The Hall–Kier alpha value is -2.27. The molecule has 0 aromatic heterocycles. The van der Waals surface area contributed by atoms with E-state index in [9.17, 15) is 14.7 Å². The van der Waals surface area contributed by atoms with Gasteiger partial charge in [0.25, 0.3) is 0 Å². The monoisotopic (exact) mass is 442 g/mol. The molecule has 0 spiro atoms. The summed E-state index contributed by atoms with van der Waals surface area (Å²) < 4.78 is 6.08. The maximum atomic E-state index is 11.8. The van der Waals surface area contributed by atoms with Crippen LogP contribution < -0.4 is 4.74 Å². The highest BCUT2D eigenvalue weighted by atomic mass is 32.2. The van der Waals surface area contributed by atoms with Gasteiger partial charge in [-0.15, -0.1) is 11.8 Å². The van der Waals surface area contributed by atoms with Gasteiger partial charge in [0, 0.05) is 21.8 Å². The fourth-order valence-corrected chi connectivity index (χ4v) is 4.78. The van der Waals surface area contributed by atoms with Crippen molar-refractivity contribution in [2.75, 3.05) is 12.4 Å². The zero-order valence-electron chi connectivity index (χ0n) is 19.3. The van der Waals surface area contributed by atoms with Crippen LogP contribution in [0.15, 0.2) is 29.2 Å². The molecule has 168 valence electrons. The Bertz CT molecular complexity index is 858. The van der Waals surface area contributed by atoms with E-state index in [0.29, 0.717) is 12.2 Å². The first kappa shape index (κ1) is 25.0. The molecule has 0 radical (unpaired) electrons. The highest BCUT2D eigenvalue weighted by Gasteiger charge is 2.16. The number of benzene rings is 2. The zero-order valence-corrected chi connectivity index (χ0v) is 20.2. The molecule has 31 heavy (non-hydrogen) atoms. The summed E-state index contributed by atoms with van der Waals surface area (Å²) >= 11 is 1.68. The molecule has 2 rings (SSSR count). The van der Waals surface area contributed by atoms with Crippen molar-refractivity contribution < 1.29 is 19.4 Å². The smallest absolute Gasteiger partial charge is 0.163 e. The van der Waals surface area contributed by atoms with Crippen molar-refractivity contribution in [1.29, 1.82) is 0 Å². The van der Waals surface area contributed by atoms with E-state index in [1.807, 2.05) is 25.1 Å². The minimum atomic E-state index is -0.117. The van der Waals surface area contributed by atoms with E-state index in [1.54, 1.807) is 24.8 Å². The van der Waals surface area contributed by atoms with Crippen molar-refractivity contribution in [2.45, 2.75) is 71.6 Å². The number of carbonyl (C=O) groups excluding carboxylic acids is 2. The predicted molar refractivity (Wildman–Crippen MR) is 128 cm³/mol. The van der Waals surface area contributed by atoms with Gasteiger partial charge in [0.1, 0.15) is 11.5 Å². The fraction of sp³-hybridized carbons (Fsp3) is 0.462. The summed E-state index contributed by atoms with van der Waals surface area (Å²) in [5.74, 6) is 1.81. The number of ketones is 2. The predicted octanol–water partition coefficient (Wildman–Crippen LogP) is 6.57. The molecule has 0 aliphatic rings. The van der Waals surface area contributed by atoms with E-state index in [1.165, 1.54) is 6.92 Å². The van der Waals surface area contributed by atoms with Crippen molar-refractivity contribution in [3.05, 3.63) is 52.1 Å². The third kappa shape index (κ3) is 6.36. The lowest BCUT2D eigenvalue weighted by Crippen LogP contribution is -2.06. The molecule has 0 aliphatic heterocycles. The second-order valence-electron chi connectivity index (χ2n) is 7.82. The average molecular weight is 443 g/mol. The summed E-state index contributed by atoms with van der Waals surface area (Å²) in [5, 5.41) is 10.5. The number of Topliss-reactive ketones (excluding diaryl/α,β-unsaturated/α-hetero) is 2. The molecule has 0 aliphatic carbocycles. The van der Waals surface area contributed by atoms with Gasteiger partial charge in [-0.1, -0.05) is 26.7 Å². The minimum Gasteiger partial charge on any atom is -0.507 e. The van der Waals surface area contributed by atoms with Crippen LogP contribution in [0.3, 0.4) is 0 Å².